The minimum absolute atomic E-state index is 0.0127. The minimum Gasteiger partial charge on any atom is -0.326 e. The number of aryl methyl sites for hydroxylation is 2. The third kappa shape index (κ3) is 4.28. The lowest BCUT2D eigenvalue weighted by Crippen LogP contribution is -2.40. The summed E-state index contributed by atoms with van der Waals surface area (Å²) < 4.78 is 1.82. The molecule has 0 unspecified atom stereocenters. The lowest BCUT2D eigenvalue weighted by molar-refractivity contribution is -0.121. The van der Waals surface area contributed by atoms with E-state index in [2.05, 4.69) is 25.3 Å². The summed E-state index contributed by atoms with van der Waals surface area (Å²) in [4.78, 5) is 23.9. The predicted octanol–water partition coefficient (Wildman–Crippen LogP) is 3.10. The van der Waals surface area contributed by atoms with Gasteiger partial charge in [-0.25, -0.2) is 9.97 Å². The van der Waals surface area contributed by atoms with E-state index in [1.807, 2.05) is 53.8 Å². The van der Waals surface area contributed by atoms with Crippen LogP contribution < -0.4 is 5.32 Å². The van der Waals surface area contributed by atoms with Crippen molar-refractivity contribution in [3.05, 3.63) is 46.8 Å². The molecule has 7 nitrogen and oxygen atoms in total. The van der Waals surface area contributed by atoms with Crippen molar-refractivity contribution in [3.63, 3.8) is 0 Å². The molecule has 146 valence electrons. The number of likely N-dealkylation sites (tertiary alicyclic amines) is 1. The number of thiazole rings is 1. The van der Waals surface area contributed by atoms with Crippen molar-refractivity contribution >= 4 is 22.9 Å². The van der Waals surface area contributed by atoms with Gasteiger partial charge in [0.25, 0.3) is 0 Å². The van der Waals surface area contributed by atoms with Gasteiger partial charge in [0.05, 0.1) is 23.7 Å². The Kier molecular flexibility index (Phi) is 5.50. The Balaban J connectivity index is 1.35. The maximum atomic E-state index is 12.8. The maximum absolute atomic E-state index is 12.8. The third-order valence-corrected chi connectivity index (χ3v) is 5.67. The number of benzene rings is 1. The fraction of sp³-hybridized carbons (Fsp3) is 0.400. The van der Waals surface area contributed by atoms with Crippen LogP contribution in [-0.2, 0) is 18.4 Å². The molecule has 0 aliphatic carbocycles. The Hall–Kier alpha value is -2.58. The van der Waals surface area contributed by atoms with Crippen LogP contribution >= 0.6 is 11.3 Å². The highest BCUT2D eigenvalue weighted by Gasteiger charge is 2.26. The van der Waals surface area contributed by atoms with Crippen molar-refractivity contribution in [2.45, 2.75) is 26.3 Å². The first-order chi connectivity index (χ1) is 13.6. The summed E-state index contributed by atoms with van der Waals surface area (Å²) in [6.45, 7) is 4.35. The van der Waals surface area contributed by atoms with Gasteiger partial charge in [-0.05, 0) is 38.4 Å². The first-order valence-electron chi connectivity index (χ1n) is 9.47. The van der Waals surface area contributed by atoms with Gasteiger partial charge in [-0.2, -0.15) is 5.10 Å². The van der Waals surface area contributed by atoms with E-state index in [1.54, 1.807) is 11.3 Å². The molecule has 3 heterocycles. The number of anilines is 1. The fourth-order valence-corrected chi connectivity index (χ4v) is 4.19. The molecule has 1 aromatic carbocycles. The number of aromatic nitrogens is 4. The molecule has 1 fully saturated rings. The molecule has 1 atom stereocenters. The number of piperidine rings is 1. The smallest absolute Gasteiger partial charge is 0.228 e. The van der Waals surface area contributed by atoms with Gasteiger partial charge in [-0.15, -0.1) is 11.3 Å². The highest BCUT2D eigenvalue weighted by Crippen LogP contribution is 2.23. The summed E-state index contributed by atoms with van der Waals surface area (Å²) in [7, 11) is 1.92. The normalized spacial score (nSPS) is 17.6. The molecule has 2 aromatic heterocycles. The van der Waals surface area contributed by atoms with E-state index in [1.165, 1.54) is 0 Å². The van der Waals surface area contributed by atoms with Crippen LogP contribution in [0.2, 0.25) is 0 Å². The van der Waals surface area contributed by atoms with Gasteiger partial charge >= 0.3 is 0 Å². The molecular formula is C20H24N6OS. The van der Waals surface area contributed by atoms with E-state index in [-0.39, 0.29) is 11.8 Å². The van der Waals surface area contributed by atoms with E-state index in [4.69, 9.17) is 0 Å². The average Bonchev–Trinajstić information content (AvgIpc) is 3.33. The number of amides is 1. The summed E-state index contributed by atoms with van der Waals surface area (Å²) in [5, 5.41) is 9.39. The van der Waals surface area contributed by atoms with Crippen LogP contribution in [0.4, 0.5) is 5.69 Å². The molecule has 0 spiro atoms. The van der Waals surface area contributed by atoms with Crippen molar-refractivity contribution < 1.29 is 4.79 Å². The Morgan fingerprint density at radius 3 is 2.82 bits per heavy atom. The quantitative estimate of drug-likeness (QED) is 0.717. The SMILES string of the molecule is Cc1nc(CN2CCC[C@@H](C(=O)Nc3ccc(-c4cscn4)cc3)C2)n(C)n1. The summed E-state index contributed by atoms with van der Waals surface area (Å²) >= 11 is 1.58. The van der Waals surface area contributed by atoms with Gasteiger partial charge in [0.15, 0.2) is 0 Å². The van der Waals surface area contributed by atoms with E-state index in [9.17, 15) is 4.79 Å². The molecule has 1 aliphatic heterocycles. The van der Waals surface area contributed by atoms with Crippen LogP contribution in [0.15, 0.2) is 35.2 Å². The molecule has 4 rings (SSSR count). The molecule has 1 aliphatic rings. The van der Waals surface area contributed by atoms with E-state index in [0.717, 1.165) is 61.1 Å². The lowest BCUT2D eigenvalue weighted by atomic mass is 9.97. The zero-order chi connectivity index (χ0) is 19.5. The van der Waals surface area contributed by atoms with Crippen LogP contribution in [0.5, 0.6) is 0 Å². The molecule has 8 heteroatoms. The predicted molar refractivity (Wildman–Crippen MR) is 110 cm³/mol. The molecule has 0 radical (unpaired) electrons. The summed E-state index contributed by atoms with van der Waals surface area (Å²) in [5.74, 6) is 1.79. The highest BCUT2D eigenvalue weighted by atomic mass is 32.1. The van der Waals surface area contributed by atoms with E-state index in [0.29, 0.717) is 0 Å². The molecule has 0 bridgehead atoms. The van der Waals surface area contributed by atoms with Gasteiger partial charge in [0, 0.05) is 30.2 Å². The lowest BCUT2D eigenvalue weighted by Gasteiger charge is -2.31. The highest BCUT2D eigenvalue weighted by molar-refractivity contribution is 7.07. The Bertz CT molecular complexity index is 934. The van der Waals surface area contributed by atoms with Crippen molar-refractivity contribution in [3.8, 4) is 11.3 Å². The molecule has 28 heavy (non-hydrogen) atoms. The fourth-order valence-electron chi connectivity index (χ4n) is 3.63. The first kappa shape index (κ1) is 18.8. The monoisotopic (exact) mass is 396 g/mol. The van der Waals surface area contributed by atoms with Crippen LogP contribution in [0.3, 0.4) is 0 Å². The summed E-state index contributed by atoms with van der Waals surface area (Å²) in [6, 6.07) is 7.87. The third-order valence-electron chi connectivity index (χ3n) is 5.08. The summed E-state index contributed by atoms with van der Waals surface area (Å²) in [5.41, 5.74) is 4.67. The van der Waals surface area contributed by atoms with Crippen molar-refractivity contribution in [2.24, 2.45) is 13.0 Å². The first-order valence-corrected chi connectivity index (χ1v) is 10.4. The maximum Gasteiger partial charge on any atom is 0.228 e. The van der Waals surface area contributed by atoms with Crippen molar-refractivity contribution in [1.29, 1.82) is 0 Å². The second kappa shape index (κ2) is 8.20. The van der Waals surface area contributed by atoms with Crippen LogP contribution in [-0.4, -0.2) is 43.6 Å². The molecule has 1 N–H and O–H groups in total. The largest absolute Gasteiger partial charge is 0.326 e. The second-order valence-electron chi connectivity index (χ2n) is 7.21. The number of hydrogen-bond acceptors (Lipinski definition) is 6. The topological polar surface area (TPSA) is 75.9 Å². The number of carbonyl (C=O) groups is 1. The van der Waals surface area contributed by atoms with Crippen LogP contribution in [0.25, 0.3) is 11.3 Å². The van der Waals surface area contributed by atoms with Gasteiger partial charge in [0.2, 0.25) is 5.91 Å². The number of nitrogens with zero attached hydrogens (tertiary/aromatic N) is 5. The minimum atomic E-state index is -0.0127. The standard InChI is InChI=1S/C20H24N6OS/c1-14-22-19(25(2)24-14)11-26-9-3-4-16(10-26)20(27)23-17-7-5-15(6-8-17)18-12-28-13-21-18/h5-8,12-13,16H,3-4,9-11H2,1-2H3,(H,23,27)/t16-/m1/s1. The van der Waals surface area contributed by atoms with Crippen molar-refractivity contribution in [2.75, 3.05) is 18.4 Å². The van der Waals surface area contributed by atoms with Crippen LogP contribution in [0, 0.1) is 12.8 Å². The molecular weight excluding hydrogens is 372 g/mol. The van der Waals surface area contributed by atoms with E-state index >= 15 is 0 Å². The number of nitrogens with one attached hydrogen (secondary N) is 1. The van der Waals surface area contributed by atoms with Gasteiger partial charge in [-0.3, -0.25) is 14.4 Å². The Morgan fingerprint density at radius 1 is 1.32 bits per heavy atom. The zero-order valence-corrected chi connectivity index (χ0v) is 16.9. The molecule has 1 amide bonds. The van der Waals surface area contributed by atoms with Gasteiger partial charge in [-0.1, -0.05) is 12.1 Å². The van der Waals surface area contributed by atoms with Crippen LogP contribution in [0.1, 0.15) is 24.5 Å². The molecule has 0 saturated carbocycles. The average molecular weight is 397 g/mol. The summed E-state index contributed by atoms with van der Waals surface area (Å²) in [6.07, 6.45) is 1.93. The van der Waals surface area contributed by atoms with Crippen molar-refractivity contribution in [1.82, 2.24) is 24.6 Å². The molecule has 1 saturated heterocycles. The number of carbonyl (C=O) groups excluding carboxylic acids is 1. The Morgan fingerprint density at radius 2 is 2.14 bits per heavy atom. The second-order valence-corrected chi connectivity index (χ2v) is 7.93. The van der Waals surface area contributed by atoms with Gasteiger partial charge < -0.3 is 5.32 Å². The zero-order valence-electron chi connectivity index (χ0n) is 16.1. The number of hydrogen-bond donors (Lipinski definition) is 1. The van der Waals surface area contributed by atoms with Gasteiger partial charge in [0.1, 0.15) is 11.6 Å². The van der Waals surface area contributed by atoms with E-state index < -0.39 is 0 Å². The number of rotatable bonds is 5. The molecule has 3 aromatic rings. The Labute approximate surface area is 168 Å².